The zero-order valence-electron chi connectivity index (χ0n) is 14.4. The molecule has 6 nitrogen and oxygen atoms in total. The zero-order chi connectivity index (χ0) is 19.1. The molecule has 2 aromatic heterocycles. The van der Waals surface area contributed by atoms with E-state index in [9.17, 15) is 13.6 Å². The Labute approximate surface area is 152 Å². The summed E-state index contributed by atoms with van der Waals surface area (Å²) in [6.45, 7) is 1.47. The number of rotatable bonds is 5. The maximum atomic E-state index is 13.8. The number of pyridine rings is 1. The largest absolute Gasteiger partial charge is 0.511 e. The van der Waals surface area contributed by atoms with Crippen molar-refractivity contribution in [3.63, 3.8) is 0 Å². The minimum atomic E-state index is -1.43. The first-order valence-corrected chi connectivity index (χ1v) is 8.44. The van der Waals surface area contributed by atoms with E-state index in [2.05, 4.69) is 5.10 Å². The highest BCUT2D eigenvalue weighted by atomic mass is 19.1. The Bertz CT molecular complexity index is 1020. The molecule has 1 aliphatic carbocycles. The number of aryl methyl sites for hydroxylation is 1. The van der Waals surface area contributed by atoms with Crippen LogP contribution < -0.4 is 9.47 Å². The van der Waals surface area contributed by atoms with Gasteiger partial charge in [-0.3, -0.25) is 0 Å². The lowest BCUT2D eigenvalue weighted by molar-refractivity contribution is 0.144. The van der Waals surface area contributed by atoms with Gasteiger partial charge in [-0.1, -0.05) is 6.07 Å². The number of hydrogen-bond acceptors (Lipinski definition) is 4. The molecule has 1 N–H and O–H groups in total. The van der Waals surface area contributed by atoms with Crippen LogP contribution in [-0.4, -0.2) is 20.9 Å². The Balaban J connectivity index is 1.75. The molecule has 140 valence electrons. The number of nitrogens with zero attached hydrogens (tertiary/aromatic N) is 2. The number of fused-ring (bicyclic) bond motifs is 1. The van der Waals surface area contributed by atoms with Crippen molar-refractivity contribution in [1.29, 1.82) is 0 Å². The second-order valence-electron chi connectivity index (χ2n) is 6.51. The van der Waals surface area contributed by atoms with Gasteiger partial charge in [0, 0.05) is 12.0 Å². The molecule has 0 unspecified atom stereocenters. The topological polar surface area (TPSA) is 73.1 Å². The second-order valence-corrected chi connectivity index (χ2v) is 6.51. The van der Waals surface area contributed by atoms with Crippen molar-refractivity contribution in [2.24, 2.45) is 0 Å². The lowest BCUT2D eigenvalue weighted by Crippen LogP contribution is -2.06. The average Bonchev–Trinajstić information content (AvgIpc) is 3.38. The summed E-state index contributed by atoms with van der Waals surface area (Å²) in [4.78, 5) is 11.1. The van der Waals surface area contributed by atoms with Crippen LogP contribution >= 0.6 is 0 Å². The number of carbonyl (C=O) groups is 1. The number of benzene rings is 1. The molecule has 0 atom stereocenters. The highest BCUT2D eigenvalue weighted by Gasteiger charge is 2.33. The lowest BCUT2D eigenvalue weighted by Gasteiger charge is -2.10. The quantitative estimate of drug-likeness (QED) is 0.669. The van der Waals surface area contributed by atoms with E-state index >= 15 is 0 Å². The second kappa shape index (κ2) is 6.53. The Morgan fingerprint density at radius 1 is 1.30 bits per heavy atom. The van der Waals surface area contributed by atoms with Gasteiger partial charge < -0.3 is 14.6 Å². The monoisotopic (exact) mass is 374 g/mol. The molecule has 0 bridgehead atoms. The first-order valence-electron chi connectivity index (χ1n) is 8.44. The minimum Gasteiger partial charge on any atom is -0.473 e. The molecule has 2 heterocycles. The van der Waals surface area contributed by atoms with Gasteiger partial charge in [-0.2, -0.15) is 9.61 Å². The van der Waals surface area contributed by atoms with Gasteiger partial charge in [0.25, 0.3) is 0 Å². The molecule has 0 aliphatic heterocycles. The minimum absolute atomic E-state index is 0.136. The molecular formula is C19H16F2N2O4. The van der Waals surface area contributed by atoms with E-state index in [1.165, 1.54) is 10.6 Å². The third-order valence-corrected chi connectivity index (χ3v) is 4.40. The Kier molecular flexibility index (Phi) is 4.18. The first kappa shape index (κ1) is 17.3. The fraction of sp³-hybridized carbons (Fsp3) is 0.263. The van der Waals surface area contributed by atoms with Crippen LogP contribution in [0.15, 0.2) is 30.3 Å². The molecule has 4 rings (SSSR count). The van der Waals surface area contributed by atoms with Crippen molar-refractivity contribution in [1.82, 2.24) is 9.61 Å². The molecule has 0 saturated heterocycles. The zero-order valence-corrected chi connectivity index (χ0v) is 14.4. The molecule has 0 amide bonds. The van der Waals surface area contributed by atoms with Crippen LogP contribution in [0.5, 0.6) is 11.6 Å². The maximum absolute atomic E-state index is 13.8. The summed E-state index contributed by atoms with van der Waals surface area (Å²) in [6.07, 6.45) is 0.370. The first-order chi connectivity index (χ1) is 12.9. The number of halogens is 2. The maximum Gasteiger partial charge on any atom is 0.511 e. The predicted molar refractivity (Wildman–Crippen MR) is 91.2 cm³/mol. The van der Waals surface area contributed by atoms with Gasteiger partial charge in [0.05, 0.1) is 5.56 Å². The number of hydrogen-bond donors (Lipinski definition) is 1. The SMILES string of the molecule is Cc1cc(OCc2c(F)cccc2F)n2nc(C3CC3)c(OC(=O)O)c2c1. The van der Waals surface area contributed by atoms with Gasteiger partial charge in [0.1, 0.15) is 29.5 Å². The molecule has 1 aliphatic rings. The van der Waals surface area contributed by atoms with E-state index in [1.807, 2.05) is 0 Å². The normalized spacial score (nSPS) is 13.7. The Morgan fingerprint density at radius 3 is 2.63 bits per heavy atom. The van der Waals surface area contributed by atoms with Crippen molar-refractivity contribution in [3.8, 4) is 11.6 Å². The summed E-state index contributed by atoms with van der Waals surface area (Å²) in [7, 11) is 0. The van der Waals surface area contributed by atoms with Gasteiger partial charge in [0.2, 0.25) is 5.88 Å². The highest BCUT2D eigenvalue weighted by molar-refractivity contribution is 5.72. The molecule has 1 saturated carbocycles. The van der Waals surface area contributed by atoms with Gasteiger partial charge in [-0.05, 0) is 43.5 Å². The van der Waals surface area contributed by atoms with Crippen molar-refractivity contribution >= 4 is 11.7 Å². The van der Waals surface area contributed by atoms with Crippen molar-refractivity contribution in [2.75, 3.05) is 0 Å². The van der Waals surface area contributed by atoms with Gasteiger partial charge in [-0.25, -0.2) is 13.6 Å². The number of ether oxygens (including phenoxy) is 2. The van der Waals surface area contributed by atoms with Crippen molar-refractivity contribution in [3.05, 3.63) is 58.8 Å². The number of carboxylic acid groups (broad SMARTS) is 1. The van der Waals surface area contributed by atoms with E-state index in [1.54, 1.807) is 19.1 Å². The average molecular weight is 374 g/mol. The van der Waals surface area contributed by atoms with Crippen LogP contribution in [0.25, 0.3) is 5.52 Å². The van der Waals surface area contributed by atoms with E-state index in [-0.39, 0.29) is 29.7 Å². The molecule has 27 heavy (non-hydrogen) atoms. The van der Waals surface area contributed by atoms with Crippen LogP contribution in [0.1, 0.15) is 35.6 Å². The van der Waals surface area contributed by atoms with E-state index < -0.39 is 17.8 Å². The van der Waals surface area contributed by atoms with Gasteiger partial charge in [0.15, 0.2) is 5.75 Å². The molecule has 0 spiro atoms. The van der Waals surface area contributed by atoms with Crippen LogP contribution in [0, 0.1) is 18.6 Å². The van der Waals surface area contributed by atoms with Gasteiger partial charge in [-0.15, -0.1) is 0 Å². The summed E-state index contributed by atoms with van der Waals surface area (Å²) >= 11 is 0. The van der Waals surface area contributed by atoms with E-state index in [0.717, 1.165) is 30.5 Å². The molecule has 1 fully saturated rings. The number of aromatic nitrogens is 2. The summed E-state index contributed by atoms with van der Waals surface area (Å²) in [5, 5.41) is 13.5. The molecule has 8 heteroatoms. The molecule has 1 aromatic carbocycles. The Hall–Kier alpha value is -3.16. The van der Waals surface area contributed by atoms with Crippen LogP contribution in [0.3, 0.4) is 0 Å². The fourth-order valence-electron chi connectivity index (χ4n) is 2.98. The van der Waals surface area contributed by atoms with E-state index in [4.69, 9.17) is 14.6 Å². The summed E-state index contributed by atoms with van der Waals surface area (Å²) in [5.41, 5.74) is 1.56. The van der Waals surface area contributed by atoms with Crippen molar-refractivity contribution < 1.29 is 28.2 Å². The predicted octanol–water partition coefficient (Wildman–Crippen LogP) is 4.43. The smallest absolute Gasteiger partial charge is 0.473 e. The van der Waals surface area contributed by atoms with Crippen molar-refractivity contribution in [2.45, 2.75) is 32.3 Å². The summed E-state index contributed by atoms with van der Waals surface area (Å²) in [5.74, 6) is -0.845. The summed E-state index contributed by atoms with van der Waals surface area (Å²) in [6, 6.07) is 6.99. The Morgan fingerprint density at radius 2 is 2.00 bits per heavy atom. The van der Waals surface area contributed by atoms with Gasteiger partial charge >= 0.3 is 6.16 Å². The van der Waals surface area contributed by atoms with E-state index in [0.29, 0.717) is 11.2 Å². The third-order valence-electron chi connectivity index (χ3n) is 4.40. The van der Waals surface area contributed by atoms with Crippen LogP contribution in [-0.2, 0) is 6.61 Å². The highest BCUT2D eigenvalue weighted by Crippen LogP contribution is 2.45. The molecular weight excluding hydrogens is 358 g/mol. The summed E-state index contributed by atoms with van der Waals surface area (Å²) < 4.78 is 39.7. The standard InChI is InChI=1S/C19H16F2N2O4/c1-10-7-15-18(27-19(24)25)17(11-5-6-11)22-23(15)16(8-10)26-9-12-13(20)3-2-4-14(12)21/h2-4,7-8,11H,5-6,9H2,1H3,(H,24,25). The van der Waals surface area contributed by atoms with Crippen LogP contribution in [0.2, 0.25) is 0 Å². The fourth-order valence-corrected chi connectivity index (χ4v) is 2.98. The molecule has 3 aromatic rings. The lowest BCUT2D eigenvalue weighted by atomic mass is 10.2. The van der Waals surface area contributed by atoms with Crippen LogP contribution in [0.4, 0.5) is 13.6 Å². The molecule has 0 radical (unpaired) electrons. The third kappa shape index (κ3) is 3.30.